The molecule has 0 N–H and O–H groups in total. The molecule has 0 radical (unpaired) electrons. The number of benzene rings is 2. The maximum Gasteiger partial charge on any atom is 0.178 e. The van der Waals surface area contributed by atoms with Gasteiger partial charge < -0.3 is 0 Å². The Hall–Kier alpha value is -1.39. The molecule has 110 valence electrons. The average molecular weight is 327 g/mol. The lowest BCUT2D eigenvalue weighted by Gasteiger charge is -2.11. The molecular weight excluding hydrogens is 314 g/mol. The van der Waals surface area contributed by atoms with Gasteiger partial charge in [-0.1, -0.05) is 29.8 Å². The number of hydrogen-bond donors (Lipinski definition) is 0. The van der Waals surface area contributed by atoms with Crippen LogP contribution in [0, 0.1) is 11.6 Å². The molecule has 2 rings (SSSR count). The summed E-state index contributed by atoms with van der Waals surface area (Å²) in [6.07, 6.45) is 0. The molecule has 1 nitrogen and oxygen atoms in total. The number of carbonyl (C=O) groups is 1. The molecule has 1 unspecified atom stereocenters. The van der Waals surface area contributed by atoms with E-state index in [0.29, 0.717) is 10.8 Å². The van der Waals surface area contributed by atoms with Crippen LogP contribution in [-0.4, -0.2) is 11.0 Å². The molecule has 0 bridgehead atoms. The fraction of sp³-hybridized carbons (Fsp3) is 0.188. The van der Waals surface area contributed by atoms with Gasteiger partial charge in [0.05, 0.1) is 10.8 Å². The molecule has 0 saturated heterocycles. The molecule has 0 aliphatic rings. The largest absolute Gasteiger partial charge is 0.293 e. The monoisotopic (exact) mass is 326 g/mol. The highest BCUT2D eigenvalue weighted by Gasteiger charge is 2.19. The van der Waals surface area contributed by atoms with Gasteiger partial charge in [0.1, 0.15) is 11.6 Å². The van der Waals surface area contributed by atoms with Gasteiger partial charge in [-0.15, -0.1) is 11.8 Å². The molecule has 0 spiro atoms. The Bertz CT molecular complexity index is 660. The number of hydrogen-bond acceptors (Lipinski definition) is 2. The molecule has 0 aliphatic heterocycles. The SMILES string of the molecule is CC(SCc1ccccc1Cl)C(=O)c1ccc(F)cc1F. The molecule has 0 saturated carbocycles. The topological polar surface area (TPSA) is 17.1 Å². The minimum atomic E-state index is -0.829. The third-order valence-electron chi connectivity index (χ3n) is 3.01. The molecule has 1 atom stereocenters. The molecule has 21 heavy (non-hydrogen) atoms. The van der Waals surface area contributed by atoms with Gasteiger partial charge in [-0.3, -0.25) is 4.79 Å². The highest BCUT2D eigenvalue weighted by Crippen LogP contribution is 2.26. The number of halogens is 3. The number of ketones is 1. The van der Waals surface area contributed by atoms with E-state index in [4.69, 9.17) is 11.6 Å². The lowest BCUT2D eigenvalue weighted by molar-refractivity contribution is 0.0990. The zero-order chi connectivity index (χ0) is 15.4. The van der Waals surface area contributed by atoms with Crippen LogP contribution >= 0.6 is 23.4 Å². The fourth-order valence-electron chi connectivity index (χ4n) is 1.81. The summed E-state index contributed by atoms with van der Waals surface area (Å²) < 4.78 is 26.5. The summed E-state index contributed by atoms with van der Waals surface area (Å²) in [5, 5.41) is 0.193. The van der Waals surface area contributed by atoms with Crippen LogP contribution in [0.5, 0.6) is 0 Å². The first-order valence-corrected chi connectivity index (χ1v) is 7.76. The fourth-order valence-corrected chi connectivity index (χ4v) is 3.06. The van der Waals surface area contributed by atoms with Crippen LogP contribution in [-0.2, 0) is 5.75 Å². The maximum absolute atomic E-state index is 13.6. The van der Waals surface area contributed by atoms with Crippen molar-refractivity contribution in [2.75, 3.05) is 0 Å². The van der Waals surface area contributed by atoms with E-state index < -0.39 is 16.9 Å². The summed E-state index contributed by atoms with van der Waals surface area (Å²) in [5.74, 6) is -1.33. The number of rotatable bonds is 5. The van der Waals surface area contributed by atoms with Crippen LogP contribution in [0.15, 0.2) is 42.5 Å². The van der Waals surface area contributed by atoms with E-state index >= 15 is 0 Å². The number of carbonyl (C=O) groups excluding carboxylic acids is 1. The summed E-state index contributed by atoms with van der Waals surface area (Å²) in [6.45, 7) is 1.70. The first-order chi connectivity index (χ1) is 9.99. The highest BCUT2D eigenvalue weighted by molar-refractivity contribution is 7.99. The van der Waals surface area contributed by atoms with Crippen molar-refractivity contribution in [3.63, 3.8) is 0 Å². The summed E-state index contributed by atoms with van der Waals surface area (Å²) in [5.41, 5.74) is 0.832. The van der Waals surface area contributed by atoms with Crippen molar-refractivity contribution in [1.82, 2.24) is 0 Å². The van der Waals surface area contributed by atoms with Crippen LogP contribution in [0.3, 0.4) is 0 Å². The van der Waals surface area contributed by atoms with Gasteiger partial charge in [0.25, 0.3) is 0 Å². The third kappa shape index (κ3) is 4.05. The first-order valence-electron chi connectivity index (χ1n) is 6.33. The van der Waals surface area contributed by atoms with Crippen LogP contribution in [0.25, 0.3) is 0 Å². The molecule has 0 fully saturated rings. The van der Waals surface area contributed by atoms with E-state index in [9.17, 15) is 13.6 Å². The van der Waals surface area contributed by atoms with Crippen LogP contribution in [0.1, 0.15) is 22.8 Å². The van der Waals surface area contributed by atoms with E-state index in [-0.39, 0.29) is 11.3 Å². The number of thioether (sulfide) groups is 1. The molecule has 2 aromatic carbocycles. The molecule has 0 aromatic heterocycles. The molecule has 0 heterocycles. The van der Waals surface area contributed by atoms with Crippen molar-refractivity contribution in [2.24, 2.45) is 0 Å². The van der Waals surface area contributed by atoms with Gasteiger partial charge in [0, 0.05) is 16.8 Å². The van der Waals surface area contributed by atoms with Gasteiger partial charge in [-0.05, 0) is 30.7 Å². The van der Waals surface area contributed by atoms with E-state index in [2.05, 4.69) is 0 Å². The van der Waals surface area contributed by atoms with Crippen molar-refractivity contribution in [3.8, 4) is 0 Å². The van der Waals surface area contributed by atoms with E-state index in [1.165, 1.54) is 17.8 Å². The molecule has 2 aromatic rings. The molecule has 0 amide bonds. The second-order valence-corrected chi connectivity index (χ2v) is 6.27. The summed E-state index contributed by atoms with van der Waals surface area (Å²) >= 11 is 7.41. The van der Waals surface area contributed by atoms with E-state index in [1.54, 1.807) is 13.0 Å². The predicted octanol–water partition coefficient (Wildman–Crippen LogP) is 5.12. The summed E-state index contributed by atoms with van der Waals surface area (Å²) in [6, 6.07) is 10.3. The Morgan fingerprint density at radius 3 is 2.62 bits per heavy atom. The number of Topliss-reactive ketones (excluding diaryl/α,β-unsaturated/α-hetero) is 1. The van der Waals surface area contributed by atoms with Crippen LogP contribution < -0.4 is 0 Å². The average Bonchev–Trinajstić information content (AvgIpc) is 2.45. The van der Waals surface area contributed by atoms with Crippen LogP contribution in [0.2, 0.25) is 5.02 Å². The van der Waals surface area contributed by atoms with Gasteiger partial charge in [-0.25, -0.2) is 8.78 Å². The Balaban J connectivity index is 2.04. The Morgan fingerprint density at radius 1 is 1.24 bits per heavy atom. The second kappa shape index (κ2) is 7.05. The zero-order valence-corrected chi connectivity index (χ0v) is 12.8. The zero-order valence-electron chi connectivity index (χ0n) is 11.3. The standard InChI is InChI=1S/C16H13ClF2OS/c1-10(21-9-11-4-2-3-5-14(11)17)16(20)13-7-6-12(18)8-15(13)19/h2-8,10H,9H2,1H3. The van der Waals surface area contributed by atoms with Crippen molar-refractivity contribution in [1.29, 1.82) is 0 Å². The highest BCUT2D eigenvalue weighted by atomic mass is 35.5. The maximum atomic E-state index is 13.6. The minimum Gasteiger partial charge on any atom is -0.293 e. The minimum absolute atomic E-state index is 0.0874. The van der Waals surface area contributed by atoms with Gasteiger partial charge in [-0.2, -0.15) is 0 Å². The van der Waals surface area contributed by atoms with Gasteiger partial charge in [0.15, 0.2) is 5.78 Å². The molecular formula is C16H13ClF2OS. The predicted molar refractivity (Wildman–Crippen MR) is 82.9 cm³/mol. The Labute approximate surface area is 131 Å². The van der Waals surface area contributed by atoms with E-state index in [1.807, 2.05) is 18.2 Å². The first kappa shape index (κ1) is 16.0. The van der Waals surface area contributed by atoms with Crippen molar-refractivity contribution >= 4 is 29.1 Å². The lowest BCUT2D eigenvalue weighted by Crippen LogP contribution is -2.15. The van der Waals surface area contributed by atoms with Crippen molar-refractivity contribution < 1.29 is 13.6 Å². The lowest BCUT2D eigenvalue weighted by atomic mass is 10.1. The van der Waals surface area contributed by atoms with Crippen LogP contribution in [0.4, 0.5) is 8.78 Å². The van der Waals surface area contributed by atoms with Crippen molar-refractivity contribution in [2.45, 2.75) is 17.9 Å². The normalized spacial score (nSPS) is 12.2. The summed E-state index contributed by atoms with van der Waals surface area (Å²) in [7, 11) is 0. The Morgan fingerprint density at radius 2 is 1.95 bits per heavy atom. The van der Waals surface area contributed by atoms with Gasteiger partial charge in [0.2, 0.25) is 0 Å². The summed E-state index contributed by atoms with van der Waals surface area (Å²) in [4.78, 5) is 12.2. The van der Waals surface area contributed by atoms with Gasteiger partial charge >= 0.3 is 0 Å². The molecule has 0 aliphatic carbocycles. The van der Waals surface area contributed by atoms with Crippen molar-refractivity contribution in [3.05, 3.63) is 70.2 Å². The second-order valence-electron chi connectivity index (χ2n) is 4.53. The van der Waals surface area contributed by atoms with E-state index in [0.717, 1.165) is 17.7 Å². The smallest absolute Gasteiger partial charge is 0.178 e. The third-order valence-corrected chi connectivity index (χ3v) is 4.57. The molecule has 5 heteroatoms. The Kier molecular flexibility index (Phi) is 5.37. The quantitative estimate of drug-likeness (QED) is 0.709.